The highest BCUT2D eigenvalue weighted by atomic mass is 16.5. The summed E-state index contributed by atoms with van der Waals surface area (Å²) in [6.45, 7) is 3.52. The molecule has 1 aliphatic rings. The van der Waals surface area contributed by atoms with Crippen molar-refractivity contribution in [3.63, 3.8) is 0 Å². The van der Waals surface area contributed by atoms with Crippen LogP contribution in [0.3, 0.4) is 0 Å². The molecule has 26 heavy (non-hydrogen) atoms. The lowest BCUT2D eigenvalue weighted by Crippen LogP contribution is -2.28. The Morgan fingerprint density at radius 3 is 2.35 bits per heavy atom. The van der Waals surface area contributed by atoms with E-state index < -0.39 is 0 Å². The lowest BCUT2D eigenvalue weighted by molar-refractivity contribution is 0.221. The first-order valence-corrected chi connectivity index (χ1v) is 9.67. The van der Waals surface area contributed by atoms with Gasteiger partial charge in [-0.2, -0.15) is 0 Å². The van der Waals surface area contributed by atoms with Crippen LogP contribution in [0, 0.1) is 0 Å². The number of rotatable bonds is 6. The van der Waals surface area contributed by atoms with Crippen LogP contribution in [-0.2, 0) is 19.4 Å². The molecule has 0 bridgehead atoms. The molecule has 0 N–H and O–H groups in total. The molecule has 0 spiro atoms. The van der Waals surface area contributed by atoms with Crippen LogP contribution in [0.5, 0.6) is 0 Å². The van der Waals surface area contributed by atoms with Crippen LogP contribution in [0.2, 0.25) is 0 Å². The first-order chi connectivity index (χ1) is 12.9. The van der Waals surface area contributed by atoms with Crippen molar-refractivity contribution in [2.75, 3.05) is 13.1 Å². The summed E-state index contributed by atoms with van der Waals surface area (Å²) in [5, 5.41) is 4.26. The number of hydrogen-bond donors (Lipinski definition) is 0. The van der Waals surface area contributed by atoms with Gasteiger partial charge in [-0.3, -0.25) is 4.90 Å². The Balaban J connectivity index is 1.42. The molecule has 0 unspecified atom stereocenters. The van der Waals surface area contributed by atoms with E-state index in [4.69, 9.17) is 4.52 Å². The fraction of sp³-hybridized carbons (Fsp3) is 0.348. The second-order valence-electron chi connectivity index (χ2n) is 7.21. The van der Waals surface area contributed by atoms with Crippen LogP contribution in [0.15, 0.2) is 65.4 Å². The average Bonchev–Trinajstić information content (AvgIpc) is 3.17. The Labute approximate surface area is 155 Å². The van der Waals surface area contributed by atoms with Gasteiger partial charge >= 0.3 is 0 Å². The van der Waals surface area contributed by atoms with Gasteiger partial charge in [-0.1, -0.05) is 66.2 Å². The van der Waals surface area contributed by atoms with E-state index >= 15 is 0 Å². The maximum atomic E-state index is 5.28. The molecule has 2 heterocycles. The van der Waals surface area contributed by atoms with Gasteiger partial charge in [0, 0.05) is 17.7 Å². The molecule has 4 rings (SSSR count). The largest absolute Gasteiger partial charge is 0.364 e. The monoisotopic (exact) mass is 346 g/mol. The molecular weight excluding hydrogens is 320 g/mol. The molecule has 3 heteroatoms. The van der Waals surface area contributed by atoms with Gasteiger partial charge in [-0.05, 0) is 49.9 Å². The number of nitrogens with zero attached hydrogens (tertiary/aromatic N) is 2. The highest BCUT2D eigenvalue weighted by molar-refractivity contribution is 5.62. The van der Waals surface area contributed by atoms with E-state index in [9.17, 15) is 0 Å². The third-order valence-corrected chi connectivity index (χ3v) is 5.25. The van der Waals surface area contributed by atoms with Crippen LogP contribution in [0.4, 0.5) is 0 Å². The zero-order chi connectivity index (χ0) is 17.6. The van der Waals surface area contributed by atoms with Crippen LogP contribution >= 0.6 is 0 Å². The van der Waals surface area contributed by atoms with Crippen molar-refractivity contribution in [2.24, 2.45) is 0 Å². The topological polar surface area (TPSA) is 29.3 Å². The summed E-state index contributed by atoms with van der Waals surface area (Å²) in [5.41, 5.74) is 6.02. The summed E-state index contributed by atoms with van der Waals surface area (Å²) in [5.74, 6) is 0. The summed E-state index contributed by atoms with van der Waals surface area (Å²) in [7, 11) is 0. The van der Waals surface area contributed by atoms with Gasteiger partial charge in [0.1, 0.15) is 12.0 Å². The van der Waals surface area contributed by atoms with E-state index in [1.54, 1.807) is 6.26 Å². The molecule has 2 aromatic carbocycles. The number of piperidine rings is 1. The lowest BCUT2D eigenvalue weighted by Gasteiger charge is -2.26. The summed E-state index contributed by atoms with van der Waals surface area (Å²) in [6, 6.07) is 19.4. The summed E-state index contributed by atoms with van der Waals surface area (Å²) < 4.78 is 5.28. The van der Waals surface area contributed by atoms with Crippen molar-refractivity contribution >= 4 is 0 Å². The minimum atomic E-state index is 0.943. The maximum absolute atomic E-state index is 5.28. The number of aryl methyl sites for hydroxylation is 2. The lowest BCUT2D eigenvalue weighted by atomic mass is 10.0. The first kappa shape index (κ1) is 17.0. The first-order valence-electron chi connectivity index (χ1n) is 9.67. The number of aromatic nitrogens is 1. The second kappa shape index (κ2) is 8.33. The number of hydrogen-bond acceptors (Lipinski definition) is 3. The van der Waals surface area contributed by atoms with E-state index in [0.717, 1.165) is 30.6 Å². The Kier molecular flexibility index (Phi) is 5.46. The molecular formula is C23H26N2O. The average molecular weight is 346 g/mol. The molecule has 0 amide bonds. The SMILES string of the molecule is c1ccc(CCc2conc2-c2ccc(CN3CCCCC3)cc2)cc1. The molecule has 0 radical (unpaired) electrons. The summed E-state index contributed by atoms with van der Waals surface area (Å²) in [4.78, 5) is 2.56. The molecule has 1 aromatic heterocycles. The fourth-order valence-corrected chi connectivity index (χ4v) is 3.74. The van der Waals surface area contributed by atoms with Gasteiger partial charge in [0.2, 0.25) is 0 Å². The van der Waals surface area contributed by atoms with Gasteiger partial charge in [-0.15, -0.1) is 0 Å². The third-order valence-electron chi connectivity index (χ3n) is 5.25. The molecule has 3 nitrogen and oxygen atoms in total. The van der Waals surface area contributed by atoms with Crippen molar-refractivity contribution in [3.05, 3.63) is 77.6 Å². The molecule has 3 aromatic rings. The predicted molar refractivity (Wildman–Crippen MR) is 105 cm³/mol. The van der Waals surface area contributed by atoms with Gasteiger partial charge < -0.3 is 4.52 Å². The second-order valence-corrected chi connectivity index (χ2v) is 7.21. The van der Waals surface area contributed by atoms with Crippen LogP contribution < -0.4 is 0 Å². The molecule has 0 saturated carbocycles. The van der Waals surface area contributed by atoms with E-state index in [1.807, 2.05) is 0 Å². The quantitative estimate of drug-likeness (QED) is 0.621. The van der Waals surface area contributed by atoms with Crippen molar-refractivity contribution in [1.29, 1.82) is 0 Å². The Morgan fingerprint density at radius 2 is 1.58 bits per heavy atom. The van der Waals surface area contributed by atoms with Crippen LogP contribution in [0.1, 0.15) is 36.0 Å². The molecule has 0 atom stereocenters. The van der Waals surface area contributed by atoms with Crippen LogP contribution in [0.25, 0.3) is 11.3 Å². The molecule has 1 saturated heterocycles. The van der Waals surface area contributed by atoms with Gasteiger partial charge in [0.05, 0.1) is 0 Å². The van der Waals surface area contributed by atoms with Crippen LogP contribution in [-0.4, -0.2) is 23.1 Å². The zero-order valence-corrected chi connectivity index (χ0v) is 15.2. The van der Waals surface area contributed by atoms with Crippen molar-refractivity contribution < 1.29 is 4.52 Å². The Morgan fingerprint density at radius 1 is 0.808 bits per heavy atom. The Bertz CT molecular complexity index is 802. The standard InChI is InChI=1S/C23H26N2O/c1-3-7-19(8-4-1)9-14-22-18-26-24-23(22)21-12-10-20(11-13-21)17-25-15-5-2-6-16-25/h1,3-4,7-8,10-13,18H,2,5-6,9,14-17H2. The summed E-state index contributed by atoms with van der Waals surface area (Å²) >= 11 is 0. The van der Waals surface area contributed by atoms with Gasteiger partial charge in [0.25, 0.3) is 0 Å². The highest BCUT2D eigenvalue weighted by Crippen LogP contribution is 2.24. The summed E-state index contributed by atoms with van der Waals surface area (Å²) in [6.07, 6.45) is 7.79. The van der Waals surface area contributed by atoms with Crippen molar-refractivity contribution in [1.82, 2.24) is 10.1 Å². The molecule has 1 aliphatic heterocycles. The zero-order valence-electron chi connectivity index (χ0n) is 15.2. The minimum Gasteiger partial charge on any atom is -0.364 e. The Hall–Kier alpha value is -2.39. The number of likely N-dealkylation sites (tertiary alicyclic amines) is 1. The minimum absolute atomic E-state index is 0.943. The van der Waals surface area contributed by atoms with E-state index in [0.29, 0.717) is 0 Å². The predicted octanol–water partition coefficient (Wildman–Crippen LogP) is 5.11. The maximum Gasteiger partial charge on any atom is 0.127 e. The van der Waals surface area contributed by atoms with Gasteiger partial charge in [0.15, 0.2) is 0 Å². The normalized spacial score (nSPS) is 15.2. The molecule has 0 aliphatic carbocycles. The van der Waals surface area contributed by atoms with E-state index in [-0.39, 0.29) is 0 Å². The number of benzene rings is 2. The van der Waals surface area contributed by atoms with Crippen molar-refractivity contribution in [2.45, 2.75) is 38.6 Å². The van der Waals surface area contributed by atoms with E-state index in [2.05, 4.69) is 64.7 Å². The van der Waals surface area contributed by atoms with Crippen molar-refractivity contribution in [3.8, 4) is 11.3 Å². The highest BCUT2D eigenvalue weighted by Gasteiger charge is 2.13. The fourth-order valence-electron chi connectivity index (χ4n) is 3.74. The van der Waals surface area contributed by atoms with E-state index in [1.165, 1.54) is 49.0 Å². The molecule has 1 fully saturated rings. The van der Waals surface area contributed by atoms with Gasteiger partial charge in [-0.25, -0.2) is 0 Å². The third kappa shape index (κ3) is 4.23. The smallest absolute Gasteiger partial charge is 0.127 e. The molecule has 134 valence electrons.